The molecule has 1 saturated carbocycles. The fraction of sp³-hybridized carbons (Fsp3) is 0.286. The summed E-state index contributed by atoms with van der Waals surface area (Å²) in [6, 6.07) is 19.2. The third kappa shape index (κ3) is 3.91. The van der Waals surface area contributed by atoms with E-state index in [9.17, 15) is 0 Å². The van der Waals surface area contributed by atoms with Crippen LogP contribution in [0.25, 0.3) is 11.3 Å². The minimum Gasteiger partial charge on any atom is -0.497 e. The van der Waals surface area contributed by atoms with E-state index in [0.29, 0.717) is 6.04 Å². The molecule has 0 radical (unpaired) electrons. The summed E-state index contributed by atoms with van der Waals surface area (Å²) in [5.74, 6) is 0.858. The molecule has 1 heterocycles. The summed E-state index contributed by atoms with van der Waals surface area (Å²) in [6.45, 7) is 1.63. The lowest BCUT2D eigenvalue weighted by Gasteiger charge is -2.05. The highest BCUT2D eigenvalue weighted by molar-refractivity contribution is 5.64. The van der Waals surface area contributed by atoms with Crippen LogP contribution in [0.1, 0.15) is 24.0 Å². The fourth-order valence-electron chi connectivity index (χ4n) is 3.00. The zero-order chi connectivity index (χ0) is 17.1. The van der Waals surface area contributed by atoms with E-state index in [1.54, 1.807) is 7.11 Å². The Morgan fingerprint density at radius 1 is 1.12 bits per heavy atom. The van der Waals surface area contributed by atoms with Gasteiger partial charge in [0, 0.05) is 29.9 Å². The van der Waals surface area contributed by atoms with Gasteiger partial charge in [0.1, 0.15) is 5.75 Å². The van der Waals surface area contributed by atoms with Crippen LogP contribution in [0.2, 0.25) is 0 Å². The van der Waals surface area contributed by atoms with Crippen molar-refractivity contribution in [2.75, 3.05) is 7.11 Å². The maximum Gasteiger partial charge on any atom is 0.119 e. The summed E-state index contributed by atoms with van der Waals surface area (Å²) in [4.78, 5) is 0. The standard InChI is InChI=1S/C21H23N3O/c1-25-20-9-5-8-17(12-20)21-18(13-22-19-10-11-19)15-24(23-21)14-16-6-3-2-4-7-16/h2-9,12,15,19,22H,10-11,13-14H2,1H3. The number of benzene rings is 2. The van der Waals surface area contributed by atoms with E-state index < -0.39 is 0 Å². The highest BCUT2D eigenvalue weighted by atomic mass is 16.5. The smallest absolute Gasteiger partial charge is 0.119 e. The van der Waals surface area contributed by atoms with Crippen molar-refractivity contribution >= 4 is 0 Å². The summed E-state index contributed by atoms with van der Waals surface area (Å²) in [5.41, 5.74) is 4.61. The normalized spacial score (nSPS) is 13.8. The molecule has 128 valence electrons. The van der Waals surface area contributed by atoms with Gasteiger partial charge < -0.3 is 10.1 Å². The van der Waals surface area contributed by atoms with Crippen LogP contribution in [-0.2, 0) is 13.1 Å². The Bertz CT molecular complexity index is 837. The average molecular weight is 333 g/mol. The molecule has 1 aromatic heterocycles. The number of methoxy groups -OCH3 is 1. The average Bonchev–Trinajstić information content (AvgIpc) is 3.41. The van der Waals surface area contributed by atoms with E-state index in [1.165, 1.54) is 24.0 Å². The predicted molar refractivity (Wildman–Crippen MR) is 99.6 cm³/mol. The first-order chi connectivity index (χ1) is 12.3. The van der Waals surface area contributed by atoms with Gasteiger partial charge in [-0.3, -0.25) is 4.68 Å². The first kappa shape index (κ1) is 15.9. The van der Waals surface area contributed by atoms with E-state index in [-0.39, 0.29) is 0 Å². The summed E-state index contributed by atoms with van der Waals surface area (Å²) in [5, 5.41) is 8.47. The molecule has 0 unspecified atom stereocenters. The monoisotopic (exact) mass is 333 g/mol. The Kier molecular flexibility index (Phi) is 4.53. The molecule has 4 nitrogen and oxygen atoms in total. The predicted octanol–water partition coefficient (Wildman–Crippen LogP) is 3.86. The number of hydrogen-bond acceptors (Lipinski definition) is 3. The van der Waals surface area contributed by atoms with Gasteiger partial charge in [0.2, 0.25) is 0 Å². The molecule has 0 amide bonds. The van der Waals surface area contributed by atoms with E-state index in [4.69, 9.17) is 9.84 Å². The molecule has 1 aliphatic carbocycles. The van der Waals surface area contributed by atoms with Crippen LogP contribution in [0.4, 0.5) is 0 Å². The number of rotatable bonds is 7. The lowest BCUT2D eigenvalue weighted by atomic mass is 10.1. The SMILES string of the molecule is COc1cccc(-c2nn(Cc3ccccc3)cc2CNC2CC2)c1. The van der Waals surface area contributed by atoms with Gasteiger partial charge in [0.25, 0.3) is 0 Å². The minimum absolute atomic E-state index is 0.677. The van der Waals surface area contributed by atoms with Crippen LogP contribution >= 0.6 is 0 Å². The van der Waals surface area contributed by atoms with Gasteiger partial charge in [-0.2, -0.15) is 5.10 Å². The first-order valence-corrected chi connectivity index (χ1v) is 8.80. The van der Waals surface area contributed by atoms with Crippen LogP contribution < -0.4 is 10.1 Å². The number of nitrogens with zero attached hydrogens (tertiary/aromatic N) is 2. The fourth-order valence-corrected chi connectivity index (χ4v) is 3.00. The van der Waals surface area contributed by atoms with Crippen molar-refractivity contribution in [3.05, 3.63) is 71.9 Å². The molecule has 25 heavy (non-hydrogen) atoms. The van der Waals surface area contributed by atoms with Crippen molar-refractivity contribution in [1.29, 1.82) is 0 Å². The third-order valence-corrected chi connectivity index (χ3v) is 4.53. The summed E-state index contributed by atoms with van der Waals surface area (Å²) >= 11 is 0. The van der Waals surface area contributed by atoms with Crippen molar-refractivity contribution in [3.63, 3.8) is 0 Å². The lowest BCUT2D eigenvalue weighted by molar-refractivity contribution is 0.415. The highest BCUT2D eigenvalue weighted by Crippen LogP contribution is 2.27. The van der Waals surface area contributed by atoms with Crippen molar-refractivity contribution in [3.8, 4) is 17.0 Å². The van der Waals surface area contributed by atoms with Gasteiger partial charge in [-0.15, -0.1) is 0 Å². The van der Waals surface area contributed by atoms with Crippen LogP contribution in [0.5, 0.6) is 5.75 Å². The molecule has 1 N–H and O–H groups in total. The second kappa shape index (κ2) is 7.11. The topological polar surface area (TPSA) is 39.1 Å². The largest absolute Gasteiger partial charge is 0.497 e. The van der Waals surface area contributed by atoms with Gasteiger partial charge in [-0.05, 0) is 30.5 Å². The third-order valence-electron chi connectivity index (χ3n) is 4.53. The molecular formula is C21H23N3O. The second-order valence-electron chi connectivity index (χ2n) is 6.57. The first-order valence-electron chi connectivity index (χ1n) is 8.80. The molecular weight excluding hydrogens is 310 g/mol. The van der Waals surface area contributed by atoms with Crippen LogP contribution in [0, 0.1) is 0 Å². The molecule has 0 bridgehead atoms. The zero-order valence-corrected chi connectivity index (χ0v) is 14.5. The molecule has 2 aromatic carbocycles. The van der Waals surface area contributed by atoms with E-state index in [0.717, 1.165) is 30.1 Å². The molecule has 4 rings (SSSR count). The number of aromatic nitrogens is 2. The van der Waals surface area contributed by atoms with Crippen LogP contribution in [-0.4, -0.2) is 22.9 Å². The molecule has 0 saturated heterocycles. The zero-order valence-electron chi connectivity index (χ0n) is 14.5. The van der Waals surface area contributed by atoms with Crippen molar-refractivity contribution in [2.24, 2.45) is 0 Å². The minimum atomic E-state index is 0.677. The van der Waals surface area contributed by atoms with Crippen LogP contribution in [0.3, 0.4) is 0 Å². The molecule has 3 aromatic rings. The number of nitrogens with one attached hydrogen (secondary N) is 1. The summed E-state index contributed by atoms with van der Waals surface area (Å²) < 4.78 is 7.41. The summed E-state index contributed by atoms with van der Waals surface area (Å²) in [7, 11) is 1.70. The van der Waals surface area contributed by atoms with Crippen molar-refractivity contribution in [2.45, 2.75) is 32.0 Å². The van der Waals surface area contributed by atoms with Gasteiger partial charge in [-0.25, -0.2) is 0 Å². The highest BCUT2D eigenvalue weighted by Gasteiger charge is 2.21. The number of hydrogen-bond donors (Lipinski definition) is 1. The molecule has 0 atom stereocenters. The van der Waals surface area contributed by atoms with E-state index in [1.807, 2.05) is 22.9 Å². The Hall–Kier alpha value is -2.59. The second-order valence-corrected chi connectivity index (χ2v) is 6.57. The Morgan fingerprint density at radius 2 is 1.96 bits per heavy atom. The maximum absolute atomic E-state index is 5.38. The van der Waals surface area contributed by atoms with Gasteiger partial charge in [-0.1, -0.05) is 42.5 Å². The molecule has 1 fully saturated rings. The quantitative estimate of drug-likeness (QED) is 0.713. The molecule has 1 aliphatic rings. The number of ether oxygens (including phenoxy) is 1. The molecule has 4 heteroatoms. The Balaban J connectivity index is 1.64. The van der Waals surface area contributed by atoms with E-state index in [2.05, 4.69) is 47.9 Å². The van der Waals surface area contributed by atoms with Crippen molar-refractivity contribution < 1.29 is 4.74 Å². The van der Waals surface area contributed by atoms with Gasteiger partial charge in [0.05, 0.1) is 19.3 Å². The van der Waals surface area contributed by atoms with Gasteiger partial charge in [0.15, 0.2) is 0 Å². The van der Waals surface area contributed by atoms with E-state index >= 15 is 0 Å². The lowest BCUT2D eigenvalue weighted by Crippen LogP contribution is -2.15. The van der Waals surface area contributed by atoms with Gasteiger partial charge >= 0.3 is 0 Å². The van der Waals surface area contributed by atoms with Crippen LogP contribution in [0.15, 0.2) is 60.8 Å². The Labute approximate surface area is 148 Å². The molecule has 0 aliphatic heterocycles. The van der Waals surface area contributed by atoms with Crippen molar-refractivity contribution in [1.82, 2.24) is 15.1 Å². The molecule has 0 spiro atoms. The summed E-state index contributed by atoms with van der Waals surface area (Å²) in [6.07, 6.45) is 4.73. The Morgan fingerprint density at radius 3 is 2.72 bits per heavy atom. The maximum atomic E-state index is 5.38.